The second-order valence-corrected chi connectivity index (χ2v) is 6.03. The maximum atomic E-state index is 12.0. The molecule has 0 spiro atoms. The lowest BCUT2D eigenvalue weighted by Gasteiger charge is -2.19. The summed E-state index contributed by atoms with van der Waals surface area (Å²) in [7, 11) is 0. The van der Waals surface area contributed by atoms with E-state index in [-0.39, 0.29) is 5.56 Å². The minimum absolute atomic E-state index is 0.0963. The van der Waals surface area contributed by atoms with Crippen molar-refractivity contribution in [2.24, 2.45) is 0 Å². The predicted octanol–water partition coefficient (Wildman–Crippen LogP) is 5.12. The first-order valence-electron chi connectivity index (χ1n) is 8.81. The first-order valence-corrected chi connectivity index (χ1v) is 8.81. The van der Waals surface area contributed by atoms with Crippen molar-refractivity contribution in [1.29, 1.82) is 0 Å². The van der Waals surface area contributed by atoms with E-state index in [1.807, 2.05) is 4.57 Å². The van der Waals surface area contributed by atoms with E-state index in [0.29, 0.717) is 6.04 Å². The van der Waals surface area contributed by atoms with E-state index in [2.05, 4.69) is 18.8 Å². The van der Waals surface area contributed by atoms with Crippen LogP contribution in [0, 0.1) is 0 Å². The van der Waals surface area contributed by atoms with Gasteiger partial charge in [-0.15, -0.1) is 0 Å². The number of hydrogen-bond donors (Lipinski definition) is 0. The molecule has 0 saturated heterocycles. The Morgan fingerprint density at radius 2 is 1.52 bits per heavy atom. The summed E-state index contributed by atoms with van der Waals surface area (Å²) in [6, 6.07) is 1.92. The Hall–Kier alpha value is -1.12. The molecule has 0 amide bonds. The van der Waals surface area contributed by atoms with Crippen LogP contribution in [-0.2, 0) is 0 Å². The van der Waals surface area contributed by atoms with E-state index < -0.39 is 0 Å². The van der Waals surface area contributed by atoms with Gasteiger partial charge in [0.1, 0.15) is 0 Å². The standard InChI is InChI=1S/C18H32N2O/c1-3-5-7-9-11-13-17(12-10-8-6-4-2)20-16-19-15-14-18(20)21/h14-17H,3-13H2,1-2H3. The van der Waals surface area contributed by atoms with Crippen LogP contribution in [0.15, 0.2) is 23.4 Å². The highest BCUT2D eigenvalue weighted by molar-refractivity contribution is 4.85. The summed E-state index contributed by atoms with van der Waals surface area (Å²) in [5, 5.41) is 0. The molecular weight excluding hydrogens is 260 g/mol. The molecule has 1 heterocycles. The number of hydrogen-bond acceptors (Lipinski definition) is 2. The minimum Gasteiger partial charge on any atom is -0.296 e. The third kappa shape index (κ3) is 7.45. The highest BCUT2D eigenvalue weighted by atomic mass is 16.1. The first kappa shape index (κ1) is 17.9. The zero-order chi connectivity index (χ0) is 15.3. The molecule has 120 valence electrons. The van der Waals surface area contributed by atoms with Crippen molar-refractivity contribution >= 4 is 0 Å². The highest BCUT2D eigenvalue weighted by Crippen LogP contribution is 2.21. The smallest absolute Gasteiger partial charge is 0.253 e. The van der Waals surface area contributed by atoms with Crippen LogP contribution in [0.25, 0.3) is 0 Å². The summed E-state index contributed by atoms with van der Waals surface area (Å²) in [4.78, 5) is 16.1. The van der Waals surface area contributed by atoms with Gasteiger partial charge >= 0.3 is 0 Å². The fourth-order valence-electron chi connectivity index (χ4n) is 2.85. The van der Waals surface area contributed by atoms with Crippen molar-refractivity contribution in [3.05, 3.63) is 28.9 Å². The van der Waals surface area contributed by atoms with Crippen molar-refractivity contribution in [3.63, 3.8) is 0 Å². The van der Waals surface area contributed by atoms with Crippen LogP contribution in [0.3, 0.4) is 0 Å². The van der Waals surface area contributed by atoms with Gasteiger partial charge in [0.2, 0.25) is 0 Å². The Kier molecular flexibility index (Phi) is 9.84. The molecule has 0 N–H and O–H groups in total. The normalized spacial score (nSPS) is 12.5. The molecule has 3 heteroatoms. The topological polar surface area (TPSA) is 34.9 Å². The lowest BCUT2D eigenvalue weighted by atomic mass is 10.0. The molecule has 1 unspecified atom stereocenters. The second-order valence-electron chi connectivity index (χ2n) is 6.03. The van der Waals surface area contributed by atoms with Crippen molar-refractivity contribution in [2.75, 3.05) is 0 Å². The van der Waals surface area contributed by atoms with Crippen molar-refractivity contribution in [3.8, 4) is 0 Å². The fourth-order valence-corrected chi connectivity index (χ4v) is 2.85. The van der Waals surface area contributed by atoms with Crippen molar-refractivity contribution < 1.29 is 0 Å². The van der Waals surface area contributed by atoms with Crippen LogP contribution in [0.1, 0.15) is 90.5 Å². The van der Waals surface area contributed by atoms with E-state index >= 15 is 0 Å². The number of aromatic nitrogens is 2. The summed E-state index contributed by atoms with van der Waals surface area (Å²) >= 11 is 0. The number of rotatable bonds is 12. The maximum absolute atomic E-state index is 12.0. The summed E-state index contributed by atoms with van der Waals surface area (Å²) < 4.78 is 1.85. The zero-order valence-electron chi connectivity index (χ0n) is 13.9. The fraction of sp³-hybridized carbons (Fsp3) is 0.778. The van der Waals surface area contributed by atoms with E-state index in [1.165, 1.54) is 57.8 Å². The lowest BCUT2D eigenvalue weighted by molar-refractivity contribution is 0.384. The summed E-state index contributed by atoms with van der Waals surface area (Å²) in [6.45, 7) is 4.47. The largest absolute Gasteiger partial charge is 0.296 e. The molecule has 1 aromatic heterocycles. The van der Waals surface area contributed by atoms with Crippen LogP contribution in [0.4, 0.5) is 0 Å². The van der Waals surface area contributed by atoms with Gasteiger partial charge in [-0.25, -0.2) is 4.98 Å². The quantitative estimate of drug-likeness (QED) is 0.501. The molecule has 0 aromatic carbocycles. The molecule has 0 aliphatic heterocycles. The number of nitrogens with zero attached hydrogens (tertiary/aromatic N) is 2. The summed E-state index contributed by atoms with van der Waals surface area (Å²) in [6.07, 6.45) is 17.0. The van der Waals surface area contributed by atoms with Crippen molar-refractivity contribution in [1.82, 2.24) is 9.55 Å². The van der Waals surface area contributed by atoms with Crippen molar-refractivity contribution in [2.45, 2.75) is 90.5 Å². The molecule has 1 atom stereocenters. The van der Waals surface area contributed by atoms with Gasteiger partial charge in [0.05, 0.1) is 6.33 Å². The molecule has 0 bridgehead atoms. The van der Waals surface area contributed by atoms with Gasteiger partial charge in [-0.2, -0.15) is 0 Å². The molecule has 0 aliphatic rings. The van der Waals surface area contributed by atoms with Gasteiger partial charge in [-0.3, -0.25) is 9.36 Å². The van der Waals surface area contributed by atoms with Gasteiger partial charge in [0.15, 0.2) is 0 Å². The Labute approximate surface area is 129 Å². The SMILES string of the molecule is CCCCCCCC(CCCCCC)n1cnccc1=O. The minimum atomic E-state index is 0.0963. The zero-order valence-corrected chi connectivity index (χ0v) is 13.9. The summed E-state index contributed by atoms with van der Waals surface area (Å²) in [5.74, 6) is 0. The van der Waals surface area contributed by atoms with E-state index in [4.69, 9.17) is 0 Å². The van der Waals surface area contributed by atoms with E-state index in [9.17, 15) is 4.79 Å². The van der Waals surface area contributed by atoms with Crippen LogP contribution >= 0.6 is 0 Å². The van der Waals surface area contributed by atoms with Crippen LogP contribution < -0.4 is 5.56 Å². The van der Waals surface area contributed by atoms with E-state index in [0.717, 1.165) is 12.8 Å². The van der Waals surface area contributed by atoms with Crippen LogP contribution in [-0.4, -0.2) is 9.55 Å². The first-order chi connectivity index (χ1) is 10.3. The highest BCUT2D eigenvalue weighted by Gasteiger charge is 2.11. The Balaban J connectivity index is 2.49. The molecule has 0 saturated carbocycles. The van der Waals surface area contributed by atoms with Gasteiger partial charge in [-0.05, 0) is 12.8 Å². The molecule has 0 fully saturated rings. The average Bonchev–Trinajstić information content (AvgIpc) is 2.50. The average molecular weight is 292 g/mol. The molecule has 0 aliphatic carbocycles. The van der Waals surface area contributed by atoms with E-state index in [1.54, 1.807) is 18.6 Å². The Morgan fingerprint density at radius 1 is 0.952 bits per heavy atom. The molecular formula is C18H32N2O. The molecule has 0 radical (unpaired) electrons. The van der Waals surface area contributed by atoms with Gasteiger partial charge in [0, 0.05) is 18.3 Å². The van der Waals surface area contributed by atoms with Crippen LogP contribution in [0.2, 0.25) is 0 Å². The van der Waals surface area contributed by atoms with Crippen LogP contribution in [0.5, 0.6) is 0 Å². The monoisotopic (exact) mass is 292 g/mol. The van der Waals surface area contributed by atoms with Gasteiger partial charge in [0.25, 0.3) is 5.56 Å². The number of unbranched alkanes of at least 4 members (excludes halogenated alkanes) is 7. The predicted molar refractivity (Wildman–Crippen MR) is 89.7 cm³/mol. The third-order valence-corrected chi connectivity index (χ3v) is 4.17. The molecule has 1 aromatic rings. The molecule has 3 nitrogen and oxygen atoms in total. The second kappa shape index (κ2) is 11.5. The summed E-state index contributed by atoms with van der Waals surface area (Å²) in [5.41, 5.74) is 0.0963. The molecule has 1 rings (SSSR count). The third-order valence-electron chi connectivity index (χ3n) is 4.17. The molecule has 21 heavy (non-hydrogen) atoms. The lowest BCUT2D eigenvalue weighted by Crippen LogP contribution is -2.24. The Bertz CT molecular complexity index is 414. The van der Waals surface area contributed by atoms with Gasteiger partial charge < -0.3 is 0 Å². The van der Waals surface area contributed by atoms with Gasteiger partial charge in [-0.1, -0.05) is 71.6 Å². The Morgan fingerprint density at radius 3 is 2.10 bits per heavy atom. The maximum Gasteiger partial charge on any atom is 0.253 e.